The van der Waals surface area contributed by atoms with Crippen molar-refractivity contribution in [2.75, 3.05) is 20.1 Å². The van der Waals surface area contributed by atoms with Gasteiger partial charge in [-0.25, -0.2) is 0 Å². The number of nitrogens with zero attached hydrogens (tertiary/aromatic N) is 1. The molecule has 0 atom stereocenters. The van der Waals surface area contributed by atoms with E-state index in [9.17, 15) is 13.2 Å². The van der Waals surface area contributed by atoms with E-state index < -0.39 is 12.6 Å². The van der Waals surface area contributed by atoms with Gasteiger partial charge in [-0.2, -0.15) is 13.2 Å². The van der Waals surface area contributed by atoms with Gasteiger partial charge in [-0.3, -0.25) is 4.99 Å². The number of guanidine groups is 1. The van der Waals surface area contributed by atoms with Crippen LogP contribution in [0, 0.1) is 0 Å². The van der Waals surface area contributed by atoms with Gasteiger partial charge in [-0.15, -0.1) is 24.0 Å². The number of hydrogen-bond acceptors (Lipinski definition) is 1. The topological polar surface area (TPSA) is 36.4 Å². The third kappa shape index (κ3) is 8.78. The molecule has 0 radical (unpaired) electrons. The lowest BCUT2D eigenvalue weighted by atomic mass is 9.85. The molecule has 0 bridgehead atoms. The number of benzene rings is 1. The first kappa shape index (κ1) is 22.5. The number of hydrogen-bond donors (Lipinski definition) is 2. The summed E-state index contributed by atoms with van der Waals surface area (Å²) in [6.07, 6.45) is -5.05. The van der Waals surface area contributed by atoms with Crippen LogP contribution in [0.5, 0.6) is 0 Å². The summed E-state index contributed by atoms with van der Waals surface area (Å²) >= 11 is 3.44. The highest BCUT2D eigenvalue weighted by molar-refractivity contribution is 14.0. The van der Waals surface area contributed by atoms with Crippen molar-refractivity contribution in [1.82, 2.24) is 10.6 Å². The van der Waals surface area contributed by atoms with Gasteiger partial charge < -0.3 is 10.6 Å². The van der Waals surface area contributed by atoms with Gasteiger partial charge in [-0.1, -0.05) is 41.9 Å². The molecule has 0 aliphatic carbocycles. The Hall–Kier alpha value is -0.510. The second kappa shape index (κ2) is 9.71. The quantitative estimate of drug-likeness (QED) is 0.350. The molecule has 0 saturated heterocycles. The molecule has 0 spiro atoms. The summed E-state index contributed by atoms with van der Waals surface area (Å²) < 4.78 is 37.4. The van der Waals surface area contributed by atoms with E-state index >= 15 is 0 Å². The Morgan fingerprint density at radius 3 is 2.39 bits per heavy atom. The maximum absolute atomic E-state index is 12.1. The second-order valence-corrected chi connectivity index (χ2v) is 6.53. The van der Waals surface area contributed by atoms with Crippen LogP contribution in [0.3, 0.4) is 0 Å². The van der Waals surface area contributed by atoms with Gasteiger partial charge in [0.05, 0.1) is 6.42 Å². The minimum atomic E-state index is -4.17. The van der Waals surface area contributed by atoms with Gasteiger partial charge in [0.1, 0.15) is 0 Å². The van der Waals surface area contributed by atoms with E-state index in [-0.39, 0.29) is 35.9 Å². The average molecular weight is 508 g/mol. The highest BCUT2D eigenvalue weighted by atomic mass is 127. The van der Waals surface area contributed by atoms with Crippen molar-refractivity contribution in [3.05, 3.63) is 34.3 Å². The van der Waals surface area contributed by atoms with Crippen LogP contribution in [-0.4, -0.2) is 32.3 Å². The molecule has 2 N–H and O–H groups in total. The highest BCUT2D eigenvalue weighted by Gasteiger charge is 2.26. The first-order chi connectivity index (χ1) is 10.1. The van der Waals surface area contributed by atoms with Crippen LogP contribution in [0.25, 0.3) is 0 Å². The molecule has 0 amide bonds. The van der Waals surface area contributed by atoms with E-state index in [2.05, 4.69) is 45.4 Å². The molecule has 0 aliphatic rings. The van der Waals surface area contributed by atoms with Crippen LogP contribution in [0.1, 0.15) is 25.8 Å². The van der Waals surface area contributed by atoms with Crippen LogP contribution in [0.2, 0.25) is 0 Å². The third-order valence-electron chi connectivity index (χ3n) is 3.23. The van der Waals surface area contributed by atoms with Crippen molar-refractivity contribution in [1.29, 1.82) is 0 Å². The summed E-state index contributed by atoms with van der Waals surface area (Å²) in [6.45, 7) is 4.48. The van der Waals surface area contributed by atoms with Gasteiger partial charge in [-0.05, 0) is 17.7 Å². The fourth-order valence-corrected chi connectivity index (χ4v) is 2.26. The van der Waals surface area contributed by atoms with Crippen LogP contribution >= 0.6 is 39.9 Å². The van der Waals surface area contributed by atoms with Crippen molar-refractivity contribution in [2.45, 2.75) is 31.9 Å². The maximum Gasteiger partial charge on any atom is 0.390 e. The molecule has 0 fully saturated rings. The Morgan fingerprint density at radius 2 is 1.87 bits per heavy atom. The summed E-state index contributed by atoms with van der Waals surface area (Å²) in [6, 6.07) is 7.95. The van der Waals surface area contributed by atoms with Gasteiger partial charge in [0.2, 0.25) is 0 Å². The predicted molar refractivity (Wildman–Crippen MR) is 103 cm³/mol. The molecule has 0 unspecified atom stereocenters. The SMILES string of the molecule is CN=C(NCCC(F)(F)F)NCC(C)(C)c1cccc(Br)c1.I. The Balaban J connectivity index is 0.00000484. The van der Waals surface area contributed by atoms with Crippen molar-refractivity contribution in [2.24, 2.45) is 4.99 Å². The number of rotatable bonds is 5. The van der Waals surface area contributed by atoms with Crippen LogP contribution in [0.4, 0.5) is 13.2 Å². The average Bonchev–Trinajstić information content (AvgIpc) is 2.41. The van der Waals surface area contributed by atoms with Crippen molar-refractivity contribution in [3.63, 3.8) is 0 Å². The summed E-state index contributed by atoms with van der Waals surface area (Å²) in [4.78, 5) is 3.94. The minimum absolute atomic E-state index is 0. The predicted octanol–water partition coefficient (Wildman–Crippen LogP) is 4.46. The fraction of sp³-hybridized carbons (Fsp3) is 0.533. The zero-order chi connectivity index (χ0) is 16.8. The largest absolute Gasteiger partial charge is 0.390 e. The number of nitrogens with one attached hydrogen (secondary N) is 2. The molecule has 132 valence electrons. The van der Waals surface area contributed by atoms with E-state index in [1.54, 1.807) is 0 Å². The molecule has 0 aliphatic heterocycles. The molecule has 8 heteroatoms. The van der Waals surface area contributed by atoms with Crippen LogP contribution in [0.15, 0.2) is 33.7 Å². The summed E-state index contributed by atoms with van der Waals surface area (Å²) in [5, 5.41) is 5.74. The monoisotopic (exact) mass is 507 g/mol. The molecule has 0 saturated carbocycles. The molecule has 23 heavy (non-hydrogen) atoms. The van der Waals surface area contributed by atoms with Crippen LogP contribution < -0.4 is 10.6 Å². The molecule has 0 heterocycles. The van der Waals surface area contributed by atoms with Crippen molar-refractivity contribution >= 4 is 45.9 Å². The maximum atomic E-state index is 12.1. The van der Waals surface area contributed by atoms with Gasteiger partial charge in [0.25, 0.3) is 0 Å². The number of aliphatic imine (C=N–C) groups is 1. The highest BCUT2D eigenvalue weighted by Crippen LogP contribution is 2.25. The Kier molecular flexibility index (Phi) is 9.49. The Bertz CT molecular complexity index is 519. The zero-order valence-corrected chi connectivity index (χ0v) is 17.2. The van der Waals surface area contributed by atoms with Gasteiger partial charge >= 0.3 is 6.18 Å². The molecular formula is C15H22BrF3IN3. The van der Waals surface area contributed by atoms with Gasteiger partial charge in [0, 0.05) is 30.0 Å². The minimum Gasteiger partial charge on any atom is -0.356 e. The first-order valence-electron chi connectivity index (χ1n) is 6.91. The smallest absolute Gasteiger partial charge is 0.356 e. The lowest BCUT2D eigenvalue weighted by Crippen LogP contribution is -2.44. The molecule has 1 aromatic carbocycles. The lowest BCUT2D eigenvalue weighted by molar-refractivity contribution is -0.132. The first-order valence-corrected chi connectivity index (χ1v) is 7.71. The Labute approximate surface area is 160 Å². The van der Waals surface area contributed by atoms with E-state index in [0.717, 1.165) is 10.0 Å². The van der Waals surface area contributed by atoms with E-state index in [1.807, 2.05) is 24.3 Å². The zero-order valence-electron chi connectivity index (χ0n) is 13.3. The molecular weight excluding hydrogens is 486 g/mol. The normalized spacial score (nSPS) is 12.6. The molecule has 3 nitrogen and oxygen atoms in total. The lowest BCUT2D eigenvalue weighted by Gasteiger charge is -2.27. The third-order valence-corrected chi connectivity index (χ3v) is 3.72. The molecule has 1 rings (SSSR count). The van der Waals surface area contributed by atoms with E-state index in [1.165, 1.54) is 7.05 Å². The van der Waals surface area contributed by atoms with Gasteiger partial charge in [0.15, 0.2) is 5.96 Å². The second-order valence-electron chi connectivity index (χ2n) is 5.61. The molecule has 0 aromatic heterocycles. The standard InChI is InChI=1S/C15H21BrF3N3.HI/c1-14(2,11-5-4-6-12(16)9-11)10-22-13(20-3)21-8-7-15(17,18)19;/h4-6,9H,7-8,10H2,1-3H3,(H2,20,21,22);1H. The summed E-state index contributed by atoms with van der Waals surface area (Å²) in [7, 11) is 1.54. The Morgan fingerprint density at radius 1 is 1.22 bits per heavy atom. The van der Waals surface area contributed by atoms with E-state index in [0.29, 0.717) is 12.5 Å². The van der Waals surface area contributed by atoms with Crippen LogP contribution in [-0.2, 0) is 5.41 Å². The summed E-state index contributed by atoms with van der Waals surface area (Å²) in [5.41, 5.74) is 0.936. The fourth-order valence-electron chi connectivity index (χ4n) is 1.86. The number of halogens is 5. The number of alkyl halides is 3. The van der Waals surface area contributed by atoms with Crippen molar-refractivity contribution < 1.29 is 13.2 Å². The van der Waals surface area contributed by atoms with Crippen molar-refractivity contribution in [3.8, 4) is 0 Å². The summed E-state index contributed by atoms with van der Waals surface area (Å²) in [5.74, 6) is 0.368. The van der Waals surface area contributed by atoms with E-state index in [4.69, 9.17) is 0 Å². The molecule has 1 aromatic rings.